The predicted molar refractivity (Wildman–Crippen MR) is 106 cm³/mol. The Labute approximate surface area is 143 Å². The summed E-state index contributed by atoms with van der Waals surface area (Å²) in [5.74, 6) is 0. The van der Waals surface area contributed by atoms with Crippen molar-refractivity contribution in [2.24, 2.45) is 0 Å². The first-order valence-electron chi connectivity index (χ1n) is 8.39. The first-order valence-corrected chi connectivity index (χ1v) is 8.39. The number of hydrogen-bond donors (Lipinski definition) is 0. The summed E-state index contributed by atoms with van der Waals surface area (Å²) in [5, 5.41) is 5.26. The molecule has 4 aromatic carbocycles. The van der Waals surface area contributed by atoms with Gasteiger partial charge >= 0.3 is 0 Å². The third-order valence-electron chi connectivity index (χ3n) is 4.92. The summed E-state index contributed by atoms with van der Waals surface area (Å²) < 4.78 is 0. The first kappa shape index (κ1) is 14.7. The molecule has 0 aliphatic carbocycles. The lowest BCUT2D eigenvalue weighted by molar-refractivity contribution is 1.49. The molecule has 0 nitrogen and oxygen atoms in total. The fraction of sp³-hybridized carbons (Fsp3) is 0.0833. The molecule has 0 aromatic heterocycles. The highest BCUT2D eigenvalue weighted by Crippen LogP contribution is 2.26. The van der Waals surface area contributed by atoms with Crippen molar-refractivity contribution in [3.63, 3.8) is 0 Å². The zero-order valence-electron chi connectivity index (χ0n) is 14.1. The van der Waals surface area contributed by atoms with Crippen molar-refractivity contribution < 1.29 is 0 Å². The van der Waals surface area contributed by atoms with E-state index in [2.05, 4.69) is 98.8 Å². The average molecular weight is 308 g/mol. The molecule has 4 aromatic rings. The third-order valence-corrected chi connectivity index (χ3v) is 4.92. The van der Waals surface area contributed by atoms with Crippen LogP contribution in [0.4, 0.5) is 0 Å². The summed E-state index contributed by atoms with van der Waals surface area (Å²) >= 11 is 0. The normalized spacial score (nSPS) is 11.6. The molecule has 0 radical (unpaired) electrons. The van der Waals surface area contributed by atoms with Gasteiger partial charge in [-0.1, -0.05) is 84.9 Å². The summed E-state index contributed by atoms with van der Waals surface area (Å²) in [5.41, 5.74) is 5.23. The molecular weight excluding hydrogens is 288 g/mol. The van der Waals surface area contributed by atoms with Crippen LogP contribution in [0.25, 0.3) is 33.7 Å². The predicted octanol–water partition coefficient (Wildman–Crippen LogP) is 6.78. The topological polar surface area (TPSA) is 0 Å². The molecule has 24 heavy (non-hydrogen) atoms. The van der Waals surface area contributed by atoms with Crippen LogP contribution in [0, 0.1) is 13.8 Å². The molecule has 0 heterocycles. The smallest absolute Gasteiger partial charge is 0.0149 e. The second-order valence-electron chi connectivity index (χ2n) is 6.34. The number of fused-ring (bicyclic) bond motifs is 2. The van der Waals surface area contributed by atoms with Crippen LogP contribution in [0.1, 0.15) is 22.3 Å². The molecule has 0 spiro atoms. The van der Waals surface area contributed by atoms with Crippen molar-refractivity contribution >= 4 is 33.7 Å². The lowest BCUT2D eigenvalue weighted by Gasteiger charge is -2.08. The molecule has 0 N–H and O–H groups in total. The standard InChI is InChI=1S/C24H20/c1-17-19(13-15-21-7-3-5-9-23(17)21)11-12-20-14-16-22-8-4-6-10-24(22)18(20)2/h3-16H,1-2H3/b12-11+. The van der Waals surface area contributed by atoms with Gasteiger partial charge in [-0.3, -0.25) is 0 Å². The van der Waals surface area contributed by atoms with Crippen molar-refractivity contribution in [2.75, 3.05) is 0 Å². The Morgan fingerprint density at radius 1 is 0.500 bits per heavy atom. The first-order chi connectivity index (χ1) is 11.7. The van der Waals surface area contributed by atoms with Crippen molar-refractivity contribution in [3.05, 3.63) is 95.1 Å². The fourth-order valence-electron chi connectivity index (χ4n) is 3.43. The van der Waals surface area contributed by atoms with E-state index >= 15 is 0 Å². The number of hydrogen-bond acceptors (Lipinski definition) is 0. The molecule has 0 atom stereocenters. The lowest BCUT2D eigenvalue weighted by Crippen LogP contribution is -1.85. The van der Waals surface area contributed by atoms with Gasteiger partial charge in [0.2, 0.25) is 0 Å². The maximum atomic E-state index is 2.24. The summed E-state index contributed by atoms with van der Waals surface area (Å²) in [4.78, 5) is 0. The molecule has 0 saturated carbocycles. The maximum Gasteiger partial charge on any atom is -0.0149 e. The van der Waals surface area contributed by atoms with Gasteiger partial charge in [0, 0.05) is 0 Å². The molecule has 0 heteroatoms. The van der Waals surface area contributed by atoms with E-state index in [0.717, 1.165) is 0 Å². The van der Waals surface area contributed by atoms with Crippen LogP contribution < -0.4 is 0 Å². The van der Waals surface area contributed by atoms with E-state index in [9.17, 15) is 0 Å². The van der Waals surface area contributed by atoms with Crippen LogP contribution in [0.3, 0.4) is 0 Å². The minimum Gasteiger partial charge on any atom is -0.0616 e. The van der Waals surface area contributed by atoms with Crippen molar-refractivity contribution in [1.29, 1.82) is 0 Å². The van der Waals surface area contributed by atoms with Gasteiger partial charge in [-0.2, -0.15) is 0 Å². The Balaban J connectivity index is 1.78. The summed E-state index contributed by atoms with van der Waals surface area (Å²) in [6, 6.07) is 26.0. The Bertz CT molecular complexity index is 981. The Morgan fingerprint density at radius 2 is 0.917 bits per heavy atom. The van der Waals surface area contributed by atoms with Gasteiger partial charge in [-0.25, -0.2) is 0 Å². The van der Waals surface area contributed by atoms with Gasteiger partial charge in [0.1, 0.15) is 0 Å². The van der Waals surface area contributed by atoms with E-state index in [0.29, 0.717) is 0 Å². The SMILES string of the molecule is Cc1c(/C=C/c2ccc3ccccc3c2C)ccc2ccccc12. The number of rotatable bonds is 2. The quantitative estimate of drug-likeness (QED) is 0.358. The highest BCUT2D eigenvalue weighted by molar-refractivity contribution is 5.92. The molecule has 116 valence electrons. The Hall–Kier alpha value is -2.86. The van der Waals surface area contributed by atoms with E-state index in [-0.39, 0.29) is 0 Å². The molecule has 0 aliphatic rings. The van der Waals surface area contributed by atoms with Crippen molar-refractivity contribution in [2.45, 2.75) is 13.8 Å². The molecule has 0 unspecified atom stereocenters. The van der Waals surface area contributed by atoms with Crippen LogP contribution >= 0.6 is 0 Å². The average Bonchev–Trinajstić information content (AvgIpc) is 2.63. The zero-order valence-corrected chi connectivity index (χ0v) is 14.1. The van der Waals surface area contributed by atoms with Gasteiger partial charge in [0.15, 0.2) is 0 Å². The minimum absolute atomic E-state index is 1.28. The van der Waals surface area contributed by atoms with Crippen LogP contribution in [-0.4, -0.2) is 0 Å². The Morgan fingerprint density at radius 3 is 1.38 bits per heavy atom. The summed E-state index contributed by atoms with van der Waals surface area (Å²) in [6.07, 6.45) is 4.47. The highest BCUT2D eigenvalue weighted by Gasteiger charge is 2.03. The van der Waals surface area contributed by atoms with Crippen LogP contribution in [-0.2, 0) is 0 Å². The minimum atomic E-state index is 1.28. The van der Waals surface area contributed by atoms with Crippen LogP contribution in [0.2, 0.25) is 0 Å². The van der Waals surface area contributed by atoms with E-state index in [4.69, 9.17) is 0 Å². The Kier molecular flexibility index (Phi) is 3.66. The van der Waals surface area contributed by atoms with E-state index in [1.54, 1.807) is 0 Å². The summed E-state index contributed by atoms with van der Waals surface area (Å²) in [7, 11) is 0. The zero-order chi connectivity index (χ0) is 16.5. The van der Waals surface area contributed by atoms with Crippen molar-refractivity contribution in [3.8, 4) is 0 Å². The van der Waals surface area contributed by atoms with Gasteiger partial charge < -0.3 is 0 Å². The lowest BCUT2D eigenvalue weighted by atomic mass is 9.97. The van der Waals surface area contributed by atoms with Gasteiger partial charge in [0.05, 0.1) is 0 Å². The summed E-state index contributed by atoms with van der Waals surface area (Å²) in [6.45, 7) is 4.41. The molecule has 0 amide bonds. The van der Waals surface area contributed by atoms with Crippen molar-refractivity contribution in [1.82, 2.24) is 0 Å². The molecule has 0 aliphatic heterocycles. The van der Waals surface area contributed by atoms with Gasteiger partial charge in [-0.15, -0.1) is 0 Å². The molecule has 0 saturated heterocycles. The van der Waals surface area contributed by atoms with E-state index in [1.165, 1.54) is 43.8 Å². The van der Waals surface area contributed by atoms with Gasteiger partial charge in [0.25, 0.3) is 0 Å². The molecular formula is C24H20. The van der Waals surface area contributed by atoms with Crippen LogP contribution in [0.15, 0.2) is 72.8 Å². The highest BCUT2D eigenvalue weighted by atomic mass is 14.1. The monoisotopic (exact) mass is 308 g/mol. The maximum absolute atomic E-state index is 2.24. The number of benzene rings is 4. The van der Waals surface area contributed by atoms with Crippen LogP contribution in [0.5, 0.6) is 0 Å². The largest absolute Gasteiger partial charge is 0.0616 e. The van der Waals surface area contributed by atoms with Gasteiger partial charge in [-0.05, 0) is 57.6 Å². The number of aryl methyl sites for hydroxylation is 2. The fourth-order valence-corrected chi connectivity index (χ4v) is 3.43. The third kappa shape index (κ3) is 2.51. The molecule has 0 bridgehead atoms. The second-order valence-corrected chi connectivity index (χ2v) is 6.34. The molecule has 0 fully saturated rings. The van der Waals surface area contributed by atoms with E-state index in [1.807, 2.05) is 0 Å². The molecule has 4 rings (SSSR count). The van der Waals surface area contributed by atoms with E-state index < -0.39 is 0 Å². The second kappa shape index (κ2) is 5.98.